The van der Waals surface area contributed by atoms with Crippen LogP contribution in [-0.2, 0) is 11.3 Å². The van der Waals surface area contributed by atoms with Crippen molar-refractivity contribution in [3.63, 3.8) is 0 Å². The van der Waals surface area contributed by atoms with Gasteiger partial charge >= 0.3 is 5.97 Å². The topological polar surface area (TPSA) is 35.5 Å². The minimum Gasteiger partial charge on any atom is -0.489 e. The van der Waals surface area contributed by atoms with E-state index in [0.29, 0.717) is 23.8 Å². The third-order valence-electron chi connectivity index (χ3n) is 3.73. The highest BCUT2D eigenvalue weighted by Gasteiger charge is 2.15. The molecule has 0 amide bonds. The van der Waals surface area contributed by atoms with Gasteiger partial charge in [-0.25, -0.2) is 4.79 Å². The Morgan fingerprint density at radius 2 is 1.83 bits per heavy atom. The normalized spacial score (nSPS) is 10.5. The molecule has 0 bridgehead atoms. The maximum absolute atomic E-state index is 12.1. The Balaban J connectivity index is 2.27. The molecule has 4 heteroatoms. The molecule has 0 unspecified atom stereocenters. The number of halogens is 1. The van der Waals surface area contributed by atoms with E-state index in [9.17, 15) is 4.79 Å². The summed E-state index contributed by atoms with van der Waals surface area (Å²) in [5, 5.41) is 0.668. The zero-order valence-corrected chi connectivity index (χ0v) is 14.7. The molecule has 3 nitrogen and oxygen atoms in total. The highest BCUT2D eigenvalue weighted by molar-refractivity contribution is 6.31. The molecule has 2 aromatic carbocycles. The second-order valence-corrected chi connectivity index (χ2v) is 5.88. The molecule has 0 fully saturated rings. The number of benzene rings is 2. The molecule has 23 heavy (non-hydrogen) atoms. The number of hydrogen-bond donors (Lipinski definition) is 0. The Kier molecular flexibility index (Phi) is 5.67. The Morgan fingerprint density at radius 1 is 1.09 bits per heavy atom. The second-order valence-electron chi connectivity index (χ2n) is 5.48. The lowest BCUT2D eigenvalue weighted by molar-refractivity contribution is 0.0523. The van der Waals surface area contributed by atoms with E-state index in [1.165, 1.54) is 0 Å². The van der Waals surface area contributed by atoms with E-state index in [0.717, 1.165) is 28.0 Å². The molecule has 0 aliphatic rings. The van der Waals surface area contributed by atoms with Crippen molar-refractivity contribution >= 4 is 17.6 Å². The van der Waals surface area contributed by atoms with Crippen molar-refractivity contribution in [2.45, 2.75) is 34.3 Å². The van der Waals surface area contributed by atoms with Gasteiger partial charge in [-0.1, -0.05) is 29.8 Å². The van der Waals surface area contributed by atoms with Gasteiger partial charge in [0.15, 0.2) is 0 Å². The third-order valence-corrected chi connectivity index (χ3v) is 4.14. The SMILES string of the molecule is CCOC(=O)c1cccc(C)c1COc1cc(Cl)c(C)cc1C. The van der Waals surface area contributed by atoms with Gasteiger partial charge in [-0.15, -0.1) is 0 Å². The van der Waals surface area contributed by atoms with Crippen molar-refractivity contribution in [2.75, 3.05) is 6.61 Å². The summed E-state index contributed by atoms with van der Waals surface area (Å²) in [5.74, 6) is 0.395. The van der Waals surface area contributed by atoms with Gasteiger partial charge in [-0.05, 0) is 56.5 Å². The zero-order chi connectivity index (χ0) is 17.0. The molecule has 2 rings (SSSR count). The maximum atomic E-state index is 12.1. The minimum atomic E-state index is -0.325. The van der Waals surface area contributed by atoms with Gasteiger partial charge in [0.2, 0.25) is 0 Å². The van der Waals surface area contributed by atoms with Crippen molar-refractivity contribution in [1.82, 2.24) is 0 Å². The first-order chi connectivity index (χ1) is 10.9. The molecular formula is C19H21ClO3. The smallest absolute Gasteiger partial charge is 0.338 e. The number of carbonyl (C=O) groups excluding carboxylic acids is 1. The molecule has 0 saturated heterocycles. The summed E-state index contributed by atoms with van der Waals surface area (Å²) >= 11 is 6.17. The van der Waals surface area contributed by atoms with E-state index >= 15 is 0 Å². The van der Waals surface area contributed by atoms with E-state index in [1.54, 1.807) is 13.0 Å². The standard InChI is InChI=1S/C19H21ClO3/c1-5-22-19(21)15-8-6-7-12(2)16(15)11-23-18-10-17(20)13(3)9-14(18)4/h6-10H,5,11H2,1-4H3. The van der Waals surface area contributed by atoms with E-state index in [1.807, 2.05) is 45.0 Å². The summed E-state index contributed by atoms with van der Waals surface area (Å²) in [5.41, 5.74) is 4.40. The fourth-order valence-electron chi connectivity index (χ4n) is 2.41. The Morgan fingerprint density at radius 3 is 2.52 bits per heavy atom. The Hall–Kier alpha value is -2.00. The Bertz CT molecular complexity index is 723. The van der Waals surface area contributed by atoms with Crippen molar-refractivity contribution in [3.8, 4) is 5.75 Å². The first kappa shape index (κ1) is 17.4. The molecule has 0 heterocycles. The summed E-state index contributed by atoms with van der Waals surface area (Å²) in [6.45, 7) is 8.32. The van der Waals surface area contributed by atoms with Gasteiger partial charge in [0.25, 0.3) is 0 Å². The van der Waals surface area contributed by atoms with Crippen LogP contribution in [0.2, 0.25) is 5.02 Å². The van der Waals surface area contributed by atoms with Crippen LogP contribution >= 0.6 is 11.6 Å². The first-order valence-corrected chi connectivity index (χ1v) is 7.97. The van der Waals surface area contributed by atoms with Crippen molar-refractivity contribution < 1.29 is 14.3 Å². The lowest BCUT2D eigenvalue weighted by atomic mass is 10.0. The molecule has 0 radical (unpaired) electrons. The van der Waals surface area contributed by atoms with Crippen molar-refractivity contribution in [3.05, 3.63) is 63.2 Å². The first-order valence-electron chi connectivity index (χ1n) is 7.59. The molecule has 0 saturated carbocycles. The summed E-state index contributed by atoms with van der Waals surface area (Å²) in [6.07, 6.45) is 0. The van der Waals surface area contributed by atoms with Crippen LogP contribution in [0, 0.1) is 20.8 Å². The number of esters is 1. The largest absolute Gasteiger partial charge is 0.489 e. The van der Waals surface area contributed by atoms with Gasteiger partial charge in [0.05, 0.1) is 12.2 Å². The molecule has 0 N–H and O–H groups in total. The number of rotatable bonds is 5. The van der Waals surface area contributed by atoms with Crippen molar-refractivity contribution in [1.29, 1.82) is 0 Å². The number of aryl methyl sites for hydroxylation is 3. The molecule has 0 aliphatic heterocycles. The van der Waals surface area contributed by atoms with Crippen molar-refractivity contribution in [2.24, 2.45) is 0 Å². The van der Waals surface area contributed by atoms with Crippen LogP contribution in [-0.4, -0.2) is 12.6 Å². The highest BCUT2D eigenvalue weighted by Crippen LogP contribution is 2.27. The van der Waals surface area contributed by atoms with Crippen LogP contribution in [0.3, 0.4) is 0 Å². The van der Waals surface area contributed by atoms with Gasteiger partial charge in [-0.3, -0.25) is 0 Å². The summed E-state index contributed by atoms with van der Waals surface area (Å²) < 4.78 is 11.0. The highest BCUT2D eigenvalue weighted by atomic mass is 35.5. The summed E-state index contributed by atoms with van der Waals surface area (Å²) in [4.78, 5) is 12.1. The van der Waals surface area contributed by atoms with Gasteiger partial charge in [0.1, 0.15) is 12.4 Å². The zero-order valence-electron chi connectivity index (χ0n) is 13.9. The van der Waals surface area contributed by atoms with Crippen LogP contribution in [0.5, 0.6) is 5.75 Å². The van der Waals surface area contributed by atoms with Crippen LogP contribution in [0.4, 0.5) is 0 Å². The van der Waals surface area contributed by atoms with Crippen LogP contribution in [0.1, 0.15) is 39.5 Å². The predicted molar refractivity (Wildman–Crippen MR) is 92.4 cm³/mol. The lowest BCUT2D eigenvalue weighted by Crippen LogP contribution is -2.11. The lowest BCUT2D eigenvalue weighted by Gasteiger charge is -2.15. The molecule has 2 aromatic rings. The maximum Gasteiger partial charge on any atom is 0.338 e. The van der Waals surface area contributed by atoms with Gasteiger partial charge in [-0.2, -0.15) is 0 Å². The number of ether oxygens (including phenoxy) is 2. The van der Waals surface area contributed by atoms with Gasteiger partial charge in [0, 0.05) is 10.6 Å². The van der Waals surface area contributed by atoms with Crippen LogP contribution in [0.25, 0.3) is 0 Å². The molecule has 0 aromatic heterocycles. The monoisotopic (exact) mass is 332 g/mol. The van der Waals surface area contributed by atoms with E-state index < -0.39 is 0 Å². The van der Waals surface area contributed by atoms with Crippen LogP contribution in [0.15, 0.2) is 30.3 Å². The average molecular weight is 333 g/mol. The quantitative estimate of drug-likeness (QED) is 0.721. The third kappa shape index (κ3) is 4.05. The number of hydrogen-bond acceptors (Lipinski definition) is 3. The molecule has 122 valence electrons. The van der Waals surface area contributed by atoms with Gasteiger partial charge < -0.3 is 9.47 Å². The second kappa shape index (κ2) is 7.51. The molecule has 0 aliphatic carbocycles. The molecular weight excluding hydrogens is 312 g/mol. The predicted octanol–water partition coefficient (Wildman–Crippen LogP) is 5.02. The average Bonchev–Trinajstić information content (AvgIpc) is 2.50. The van der Waals surface area contributed by atoms with Crippen LogP contribution < -0.4 is 4.74 Å². The summed E-state index contributed by atoms with van der Waals surface area (Å²) in [7, 11) is 0. The van der Waals surface area contributed by atoms with E-state index in [4.69, 9.17) is 21.1 Å². The fraction of sp³-hybridized carbons (Fsp3) is 0.316. The number of carbonyl (C=O) groups is 1. The fourth-order valence-corrected chi connectivity index (χ4v) is 2.56. The summed E-state index contributed by atoms with van der Waals surface area (Å²) in [6, 6.07) is 9.37. The minimum absolute atomic E-state index is 0.293. The Labute approximate surface area is 142 Å². The van der Waals surface area contributed by atoms with E-state index in [-0.39, 0.29) is 5.97 Å². The van der Waals surface area contributed by atoms with E-state index in [2.05, 4.69) is 0 Å². The molecule has 0 atom stereocenters. The molecule has 0 spiro atoms.